The molecule has 1 aromatic rings. The van der Waals surface area contributed by atoms with Gasteiger partial charge in [0, 0.05) is 31.1 Å². The number of nitrogens with two attached hydrogens (primary N) is 1. The third kappa shape index (κ3) is 4.28. The first-order valence-electron chi connectivity index (χ1n) is 6.54. The zero-order chi connectivity index (χ0) is 13.7. The van der Waals surface area contributed by atoms with Gasteiger partial charge in [-0.25, -0.2) is 0 Å². The van der Waals surface area contributed by atoms with Gasteiger partial charge in [0.25, 0.3) is 0 Å². The van der Waals surface area contributed by atoms with E-state index < -0.39 is 0 Å². The summed E-state index contributed by atoms with van der Waals surface area (Å²) in [6.07, 6.45) is 2.32. The summed E-state index contributed by atoms with van der Waals surface area (Å²) in [6, 6.07) is 7.62. The molecule has 2 amide bonds. The van der Waals surface area contributed by atoms with Crippen molar-refractivity contribution in [3.05, 3.63) is 29.8 Å². The van der Waals surface area contributed by atoms with E-state index in [0.717, 1.165) is 12.0 Å². The number of nitrogens with one attached hydrogen (secondary N) is 2. The molecule has 1 atom stereocenters. The van der Waals surface area contributed by atoms with E-state index in [9.17, 15) is 9.59 Å². The Hall–Kier alpha value is -2.04. The molecule has 1 saturated heterocycles. The van der Waals surface area contributed by atoms with Crippen LogP contribution in [0.4, 0.5) is 5.69 Å². The van der Waals surface area contributed by atoms with Gasteiger partial charge in [-0.05, 0) is 30.5 Å². The molecule has 0 aliphatic carbocycles. The van der Waals surface area contributed by atoms with E-state index in [0.29, 0.717) is 31.5 Å². The van der Waals surface area contributed by atoms with Gasteiger partial charge in [-0.2, -0.15) is 0 Å². The number of nitrogen functional groups attached to an aromatic ring is 1. The SMILES string of the molecule is Nc1cccc(CCC(=O)NC2CCC(=O)NC2)c1. The molecule has 1 fully saturated rings. The summed E-state index contributed by atoms with van der Waals surface area (Å²) < 4.78 is 0. The van der Waals surface area contributed by atoms with E-state index in [1.165, 1.54) is 0 Å². The summed E-state index contributed by atoms with van der Waals surface area (Å²) in [6.45, 7) is 0.531. The highest BCUT2D eigenvalue weighted by atomic mass is 16.2. The van der Waals surface area contributed by atoms with E-state index in [2.05, 4.69) is 10.6 Å². The van der Waals surface area contributed by atoms with Gasteiger partial charge >= 0.3 is 0 Å². The van der Waals surface area contributed by atoms with E-state index >= 15 is 0 Å². The van der Waals surface area contributed by atoms with Crippen molar-refractivity contribution in [1.82, 2.24) is 10.6 Å². The van der Waals surface area contributed by atoms with Crippen LogP contribution in [0, 0.1) is 0 Å². The average Bonchev–Trinajstić information content (AvgIpc) is 2.39. The lowest BCUT2D eigenvalue weighted by Crippen LogP contribution is -2.47. The Labute approximate surface area is 112 Å². The van der Waals surface area contributed by atoms with E-state index in [-0.39, 0.29) is 17.9 Å². The van der Waals surface area contributed by atoms with Gasteiger partial charge in [-0.3, -0.25) is 9.59 Å². The van der Waals surface area contributed by atoms with Gasteiger partial charge in [0.2, 0.25) is 11.8 Å². The Balaban J connectivity index is 1.74. The molecule has 2 rings (SSSR count). The van der Waals surface area contributed by atoms with Crippen molar-refractivity contribution in [2.45, 2.75) is 31.7 Å². The number of hydrogen-bond donors (Lipinski definition) is 3. The zero-order valence-electron chi connectivity index (χ0n) is 10.8. The van der Waals surface area contributed by atoms with Crippen molar-refractivity contribution in [3.8, 4) is 0 Å². The maximum absolute atomic E-state index is 11.8. The standard InChI is InChI=1S/C14H19N3O2/c15-11-3-1-2-10(8-11)4-6-14(19)17-12-5-7-13(18)16-9-12/h1-3,8,12H,4-7,9,15H2,(H,16,18)(H,17,19). The normalized spacial score (nSPS) is 18.7. The summed E-state index contributed by atoms with van der Waals surface area (Å²) in [5.74, 6) is 0.0776. The van der Waals surface area contributed by atoms with Gasteiger partial charge in [0.05, 0.1) is 0 Å². The van der Waals surface area contributed by atoms with Crippen LogP contribution in [0.2, 0.25) is 0 Å². The lowest BCUT2D eigenvalue weighted by Gasteiger charge is -2.23. The Bertz CT molecular complexity index is 464. The lowest BCUT2D eigenvalue weighted by molar-refractivity contribution is -0.125. The highest BCUT2D eigenvalue weighted by molar-refractivity contribution is 5.79. The monoisotopic (exact) mass is 261 g/mol. The highest BCUT2D eigenvalue weighted by Gasteiger charge is 2.19. The Morgan fingerprint density at radius 3 is 3.00 bits per heavy atom. The second-order valence-corrected chi connectivity index (χ2v) is 4.85. The largest absolute Gasteiger partial charge is 0.399 e. The van der Waals surface area contributed by atoms with E-state index in [4.69, 9.17) is 5.73 Å². The quantitative estimate of drug-likeness (QED) is 0.694. The van der Waals surface area contributed by atoms with Crippen LogP contribution in [-0.4, -0.2) is 24.4 Å². The number of carbonyl (C=O) groups is 2. The molecule has 1 aliphatic heterocycles. The first-order valence-corrected chi connectivity index (χ1v) is 6.54. The molecule has 1 aromatic carbocycles. The molecule has 0 spiro atoms. The molecule has 102 valence electrons. The minimum Gasteiger partial charge on any atom is -0.399 e. The third-order valence-electron chi connectivity index (χ3n) is 3.22. The Morgan fingerprint density at radius 2 is 2.32 bits per heavy atom. The average molecular weight is 261 g/mol. The van der Waals surface area contributed by atoms with Crippen molar-refractivity contribution in [3.63, 3.8) is 0 Å². The lowest BCUT2D eigenvalue weighted by atomic mass is 10.1. The van der Waals surface area contributed by atoms with Crippen molar-refractivity contribution in [2.75, 3.05) is 12.3 Å². The van der Waals surface area contributed by atoms with Gasteiger partial charge < -0.3 is 16.4 Å². The predicted molar refractivity (Wildman–Crippen MR) is 73.3 cm³/mol. The highest BCUT2D eigenvalue weighted by Crippen LogP contribution is 2.09. The molecule has 4 N–H and O–H groups in total. The molecule has 1 unspecified atom stereocenters. The van der Waals surface area contributed by atoms with Crippen LogP contribution in [0.25, 0.3) is 0 Å². The molecular weight excluding hydrogens is 242 g/mol. The maximum atomic E-state index is 11.8. The fourth-order valence-electron chi connectivity index (χ4n) is 2.16. The van der Waals surface area contributed by atoms with Crippen LogP contribution >= 0.6 is 0 Å². The van der Waals surface area contributed by atoms with Gasteiger partial charge in [-0.1, -0.05) is 12.1 Å². The summed E-state index contributed by atoms with van der Waals surface area (Å²) in [4.78, 5) is 22.8. The Kier molecular flexibility index (Phi) is 4.39. The minimum absolute atomic E-state index is 0.0172. The first-order chi connectivity index (χ1) is 9.13. The number of piperidine rings is 1. The van der Waals surface area contributed by atoms with Crippen LogP contribution < -0.4 is 16.4 Å². The van der Waals surface area contributed by atoms with Crippen LogP contribution in [0.5, 0.6) is 0 Å². The number of rotatable bonds is 4. The summed E-state index contributed by atoms with van der Waals surface area (Å²) in [5, 5.41) is 5.69. The fraction of sp³-hybridized carbons (Fsp3) is 0.429. The molecule has 5 nitrogen and oxygen atoms in total. The topological polar surface area (TPSA) is 84.2 Å². The van der Waals surface area contributed by atoms with Crippen molar-refractivity contribution in [2.24, 2.45) is 0 Å². The number of aryl methyl sites for hydroxylation is 1. The van der Waals surface area contributed by atoms with Crippen molar-refractivity contribution < 1.29 is 9.59 Å². The smallest absolute Gasteiger partial charge is 0.220 e. The van der Waals surface area contributed by atoms with Crippen LogP contribution in [0.15, 0.2) is 24.3 Å². The van der Waals surface area contributed by atoms with Gasteiger partial charge in [-0.15, -0.1) is 0 Å². The number of carbonyl (C=O) groups excluding carboxylic acids is 2. The molecule has 1 aliphatic rings. The van der Waals surface area contributed by atoms with Gasteiger partial charge in [0.15, 0.2) is 0 Å². The van der Waals surface area contributed by atoms with Crippen molar-refractivity contribution >= 4 is 17.5 Å². The number of benzene rings is 1. The summed E-state index contributed by atoms with van der Waals surface area (Å²) >= 11 is 0. The van der Waals surface area contributed by atoms with E-state index in [1.54, 1.807) is 0 Å². The van der Waals surface area contributed by atoms with Crippen molar-refractivity contribution in [1.29, 1.82) is 0 Å². The minimum atomic E-state index is 0.0172. The first kappa shape index (κ1) is 13.4. The zero-order valence-corrected chi connectivity index (χ0v) is 10.8. The molecule has 0 radical (unpaired) electrons. The molecule has 1 heterocycles. The van der Waals surface area contributed by atoms with Gasteiger partial charge in [0.1, 0.15) is 0 Å². The summed E-state index contributed by atoms with van der Waals surface area (Å²) in [7, 11) is 0. The molecule has 0 saturated carbocycles. The molecule has 19 heavy (non-hydrogen) atoms. The molecular formula is C14H19N3O2. The number of amides is 2. The van der Waals surface area contributed by atoms with Crippen LogP contribution in [-0.2, 0) is 16.0 Å². The number of anilines is 1. The van der Waals surface area contributed by atoms with Crippen LogP contribution in [0.3, 0.4) is 0 Å². The second kappa shape index (κ2) is 6.22. The van der Waals surface area contributed by atoms with Crippen LogP contribution in [0.1, 0.15) is 24.8 Å². The third-order valence-corrected chi connectivity index (χ3v) is 3.22. The molecule has 5 heteroatoms. The second-order valence-electron chi connectivity index (χ2n) is 4.85. The van der Waals surface area contributed by atoms with E-state index in [1.807, 2.05) is 24.3 Å². The fourth-order valence-corrected chi connectivity index (χ4v) is 2.16. The molecule has 0 aromatic heterocycles. The summed E-state index contributed by atoms with van der Waals surface area (Å²) in [5.41, 5.74) is 7.46. The number of hydrogen-bond acceptors (Lipinski definition) is 3. The molecule has 0 bridgehead atoms. The Morgan fingerprint density at radius 1 is 1.47 bits per heavy atom. The predicted octanol–water partition coefficient (Wildman–Crippen LogP) is 0.596. The maximum Gasteiger partial charge on any atom is 0.220 e.